The molecule has 2 unspecified atom stereocenters. The van der Waals surface area contributed by atoms with Gasteiger partial charge in [0.25, 0.3) is 0 Å². The molecule has 14 heavy (non-hydrogen) atoms. The van der Waals surface area contributed by atoms with E-state index in [4.69, 9.17) is 0 Å². The molecule has 2 rings (SSSR count). The lowest BCUT2D eigenvalue weighted by Crippen LogP contribution is -2.39. The maximum absolute atomic E-state index is 11.6. The normalized spacial score (nSPS) is 41.9. The molecule has 0 aliphatic heterocycles. The summed E-state index contributed by atoms with van der Waals surface area (Å²) in [5.41, 5.74) is 0. The molecule has 2 atom stereocenters. The highest BCUT2D eigenvalue weighted by atomic mass is 16.3. The second-order valence-corrected chi connectivity index (χ2v) is 4.83. The molecular weight excluding hydrogens is 178 g/mol. The summed E-state index contributed by atoms with van der Waals surface area (Å²) in [6.45, 7) is 2.12. The molecule has 1 amide bonds. The average molecular weight is 197 g/mol. The first kappa shape index (κ1) is 9.97. The minimum atomic E-state index is -0.136. The van der Waals surface area contributed by atoms with Gasteiger partial charge < -0.3 is 10.4 Å². The Kier molecular flexibility index (Phi) is 2.77. The molecule has 0 heterocycles. The van der Waals surface area contributed by atoms with Gasteiger partial charge in [-0.2, -0.15) is 0 Å². The first-order valence-corrected chi connectivity index (χ1v) is 5.65. The van der Waals surface area contributed by atoms with Crippen molar-refractivity contribution in [3.8, 4) is 0 Å². The lowest BCUT2D eigenvalue weighted by Gasteiger charge is -2.26. The van der Waals surface area contributed by atoms with Crippen LogP contribution in [0.3, 0.4) is 0 Å². The molecule has 0 radical (unpaired) electrons. The van der Waals surface area contributed by atoms with E-state index in [0.29, 0.717) is 12.0 Å². The van der Waals surface area contributed by atoms with E-state index in [1.807, 2.05) is 0 Å². The predicted molar refractivity (Wildman–Crippen MR) is 53.7 cm³/mol. The van der Waals surface area contributed by atoms with E-state index in [0.717, 1.165) is 32.1 Å². The molecule has 2 N–H and O–H groups in total. The van der Waals surface area contributed by atoms with Crippen molar-refractivity contribution in [2.45, 2.75) is 51.2 Å². The van der Waals surface area contributed by atoms with Gasteiger partial charge in [-0.15, -0.1) is 0 Å². The van der Waals surface area contributed by atoms with Crippen molar-refractivity contribution in [1.82, 2.24) is 5.32 Å². The maximum Gasteiger partial charge on any atom is 0.223 e. The third-order valence-corrected chi connectivity index (χ3v) is 3.49. The van der Waals surface area contributed by atoms with Gasteiger partial charge in [0, 0.05) is 12.0 Å². The lowest BCUT2D eigenvalue weighted by atomic mass is 9.93. The summed E-state index contributed by atoms with van der Waals surface area (Å²) in [6, 6.07) is 0.318. The monoisotopic (exact) mass is 197 g/mol. The Morgan fingerprint density at radius 3 is 2.36 bits per heavy atom. The molecule has 0 saturated heterocycles. The third kappa shape index (κ3) is 2.27. The summed E-state index contributed by atoms with van der Waals surface area (Å²) in [5.74, 6) is 1.10. The van der Waals surface area contributed by atoms with E-state index < -0.39 is 0 Å². The maximum atomic E-state index is 11.6. The largest absolute Gasteiger partial charge is 0.393 e. The molecule has 0 aromatic heterocycles. The number of rotatable bonds is 2. The van der Waals surface area contributed by atoms with Crippen LogP contribution in [0.25, 0.3) is 0 Å². The minimum absolute atomic E-state index is 0.136. The zero-order valence-electron chi connectivity index (χ0n) is 8.70. The molecule has 0 aromatic carbocycles. The summed E-state index contributed by atoms with van der Waals surface area (Å²) in [7, 11) is 0. The first-order valence-electron chi connectivity index (χ1n) is 5.65. The van der Waals surface area contributed by atoms with Crippen LogP contribution in [-0.2, 0) is 4.79 Å². The summed E-state index contributed by atoms with van der Waals surface area (Å²) in [5, 5.41) is 12.4. The van der Waals surface area contributed by atoms with Crippen LogP contribution in [0.2, 0.25) is 0 Å². The van der Waals surface area contributed by atoms with Crippen LogP contribution in [-0.4, -0.2) is 23.2 Å². The molecular formula is C11H19NO2. The van der Waals surface area contributed by atoms with Crippen LogP contribution >= 0.6 is 0 Å². The summed E-state index contributed by atoms with van der Waals surface area (Å²) < 4.78 is 0. The minimum Gasteiger partial charge on any atom is -0.393 e. The van der Waals surface area contributed by atoms with Gasteiger partial charge in [-0.25, -0.2) is 0 Å². The molecule has 2 saturated carbocycles. The standard InChI is InChI=1S/C11H19NO2/c1-7-6-10(7)11(14)12-8-2-4-9(13)5-3-8/h7-10,13H,2-6H2,1H3,(H,12,14). The molecule has 3 nitrogen and oxygen atoms in total. The molecule has 0 aromatic rings. The van der Waals surface area contributed by atoms with Gasteiger partial charge >= 0.3 is 0 Å². The Hall–Kier alpha value is -0.570. The number of hydrogen-bond donors (Lipinski definition) is 2. The average Bonchev–Trinajstić information content (AvgIpc) is 2.87. The number of nitrogens with one attached hydrogen (secondary N) is 1. The number of hydrogen-bond acceptors (Lipinski definition) is 2. The van der Waals surface area contributed by atoms with E-state index in [1.165, 1.54) is 0 Å². The van der Waals surface area contributed by atoms with Gasteiger partial charge in [0.15, 0.2) is 0 Å². The van der Waals surface area contributed by atoms with Crippen molar-refractivity contribution in [3.05, 3.63) is 0 Å². The van der Waals surface area contributed by atoms with E-state index in [1.54, 1.807) is 0 Å². The van der Waals surface area contributed by atoms with Gasteiger partial charge in [-0.3, -0.25) is 4.79 Å². The highest BCUT2D eigenvalue weighted by molar-refractivity contribution is 5.81. The zero-order chi connectivity index (χ0) is 10.1. The highest BCUT2D eigenvalue weighted by Gasteiger charge is 2.39. The van der Waals surface area contributed by atoms with Gasteiger partial charge in [0.2, 0.25) is 5.91 Å². The van der Waals surface area contributed by atoms with E-state index in [-0.39, 0.29) is 17.9 Å². The van der Waals surface area contributed by atoms with Crippen LogP contribution in [0.15, 0.2) is 0 Å². The second kappa shape index (κ2) is 3.89. The fourth-order valence-electron chi connectivity index (χ4n) is 2.22. The zero-order valence-corrected chi connectivity index (χ0v) is 8.70. The quantitative estimate of drug-likeness (QED) is 0.695. The van der Waals surface area contributed by atoms with Gasteiger partial charge in [0.1, 0.15) is 0 Å². The SMILES string of the molecule is CC1CC1C(=O)NC1CCC(O)CC1. The second-order valence-electron chi connectivity index (χ2n) is 4.83. The smallest absolute Gasteiger partial charge is 0.223 e. The molecule has 0 spiro atoms. The summed E-state index contributed by atoms with van der Waals surface area (Å²) in [6.07, 6.45) is 4.47. The first-order chi connectivity index (χ1) is 6.66. The Bertz CT molecular complexity index is 221. The van der Waals surface area contributed by atoms with Crippen molar-refractivity contribution in [1.29, 1.82) is 0 Å². The van der Waals surface area contributed by atoms with Crippen LogP contribution in [0, 0.1) is 11.8 Å². The van der Waals surface area contributed by atoms with E-state index in [9.17, 15) is 9.90 Å². The van der Waals surface area contributed by atoms with Crippen LogP contribution < -0.4 is 5.32 Å². The number of aliphatic hydroxyl groups is 1. The van der Waals surface area contributed by atoms with Gasteiger partial charge in [-0.05, 0) is 38.0 Å². The fourth-order valence-corrected chi connectivity index (χ4v) is 2.22. The number of amides is 1. The van der Waals surface area contributed by atoms with Crippen LogP contribution in [0.1, 0.15) is 39.0 Å². The number of carbonyl (C=O) groups is 1. The van der Waals surface area contributed by atoms with E-state index >= 15 is 0 Å². The molecule has 3 heteroatoms. The van der Waals surface area contributed by atoms with E-state index in [2.05, 4.69) is 12.2 Å². The molecule has 2 fully saturated rings. The third-order valence-electron chi connectivity index (χ3n) is 3.49. The van der Waals surface area contributed by atoms with Crippen molar-refractivity contribution in [2.75, 3.05) is 0 Å². The highest BCUT2D eigenvalue weighted by Crippen LogP contribution is 2.38. The van der Waals surface area contributed by atoms with Crippen molar-refractivity contribution in [2.24, 2.45) is 11.8 Å². The molecule has 80 valence electrons. The predicted octanol–water partition coefficient (Wildman–Crippen LogP) is 1.06. The van der Waals surface area contributed by atoms with Crippen LogP contribution in [0.4, 0.5) is 0 Å². The number of aliphatic hydroxyl groups excluding tert-OH is 1. The van der Waals surface area contributed by atoms with Crippen molar-refractivity contribution < 1.29 is 9.90 Å². The van der Waals surface area contributed by atoms with Gasteiger partial charge in [0.05, 0.1) is 6.10 Å². The Morgan fingerprint density at radius 2 is 1.86 bits per heavy atom. The molecule has 0 bridgehead atoms. The van der Waals surface area contributed by atoms with Crippen molar-refractivity contribution in [3.63, 3.8) is 0 Å². The van der Waals surface area contributed by atoms with Crippen LogP contribution in [0.5, 0.6) is 0 Å². The topological polar surface area (TPSA) is 49.3 Å². The summed E-state index contributed by atoms with van der Waals surface area (Å²) in [4.78, 5) is 11.6. The molecule has 2 aliphatic rings. The lowest BCUT2D eigenvalue weighted by molar-refractivity contribution is -0.123. The summed E-state index contributed by atoms with van der Waals surface area (Å²) >= 11 is 0. The van der Waals surface area contributed by atoms with Gasteiger partial charge in [-0.1, -0.05) is 6.92 Å². The molecule has 2 aliphatic carbocycles. The van der Waals surface area contributed by atoms with Crippen molar-refractivity contribution >= 4 is 5.91 Å². The Balaban J connectivity index is 1.72. The fraction of sp³-hybridized carbons (Fsp3) is 0.909. The Labute approximate surface area is 84.9 Å². The Morgan fingerprint density at radius 1 is 1.29 bits per heavy atom. The number of carbonyl (C=O) groups excluding carboxylic acids is 1.